The second-order valence-corrected chi connectivity index (χ2v) is 2.78. The van der Waals surface area contributed by atoms with Gasteiger partial charge in [-0.1, -0.05) is 20.8 Å². The fourth-order valence-corrected chi connectivity index (χ4v) is 0.151. The Morgan fingerprint density at radius 3 is 1.57 bits per heavy atom. The molecule has 0 aliphatic carbocycles. The molecule has 0 aromatic heterocycles. The number of hydrogen-bond donors (Lipinski definition) is 3. The number of amides is 1. The van der Waals surface area contributed by atoms with Gasteiger partial charge in [-0.25, -0.2) is 4.79 Å². The molecule has 0 aliphatic rings. The lowest BCUT2D eigenvalue weighted by atomic mass is 10.3. The molecule has 0 fully saturated rings. The highest BCUT2D eigenvalue weighted by atomic mass is 16.4. The van der Waals surface area contributed by atoms with E-state index in [1.54, 1.807) is 5.32 Å². The van der Waals surface area contributed by atoms with Crippen molar-refractivity contribution < 1.29 is 19.8 Å². The molecule has 0 rings (SSSR count). The summed E-state index contributed by atoms with van der Waals surface area (Å²) in [5, 5.41) is 17.3. The highest BCUT2D eigenvalue weighted by Crippen LogP contribution is 1.81. The number of aliphatic carboxylic acids is 1. The monoisotopic (exact) mass is 203 g/mol. The highest BCUT2D eigenvalue weighted by molar-refractivity contribution is 5.75. The van der Waals surface area contributed by atoms with Gasteiger partial charge in [0.15, 0.2) is 0 Å². The first-order valence-corrected chi connectivity index (χ1v) is 3.88. The largest absolute Gasteiger partial charge is 0.480 e. The molecule has 0 atom stereocenters. The minimum absolute atomic E-state index is 0.546. The Bertz CT molecular complexity index is 158. The standard InChI is InChI=1S/C4H10.C3H5NO4.C2H2/c1-4(2)3;5-2(6)1-4-3(7)8;1-2/h4H,1-3H3;4H,1H2,(H,5,6)(H,7,8);1-2H. The van der Waals surface area contributed by atoms with E-state index in [0.717, 1.165) is 5.92 Å². The first kappa shape index (κ1) is 18.2. The number of hydrogen-bond acceptors (Lipinski definition) is 2. The number of terminal acetylenes is 1. The van der Waals surface area contributed by atoms with E-state index in [1.807, 2.05) is 0 Å². The summed E-state index contributed by atoms with van der Waals surface area (Å²) in [6, 6.07) is 0. The third kappa shape index (κ3) is 81.8. The topological polar surface area (TPSA) is 86.6 Å². The van der Waals surface area contributed by atoms with Gasteiger partial charge in [-0.05, 0) is 5.92 Å². The van der Waals surface area contributed by atoms with Crippen LogP contribution in [0.15, 0.2) is 0 Å². The van der Waals surface area contributed by atoms with Crippen LogP contribution in [0, 0.1) is 18.8 Å². The van der Waals surface area contributed by atoms with Gasteiger partial charge in [0, 0.05) is 0 Å². The number of carboxylic acids is 1. The average Bonchev–Trinajstić information content (AvgIpc) is 2.03. The normalized spacial score (nSPS) is 7.29. The van der Waals surface area contributed by atoms with E-state index in [9.17, 15) is 9.59 Å². The van der Waals surface area contributed by atoms with Crippen molar-refractivity contribution in [1.82, 2.24) is 5.32 Å². The average molecular weight is 203 g/mol. The van der Waals surface area contributed by atoms with Gasteiger partial charge in [-0.15, -0.1) is 12.8 Å². The van der Waals surface area contributed by atoms with Crippen LogP contribution >= 0.6 is 0 Å². The summed E-state index contributed by atoms with van der Waals surface area (Å²) >= 11 is 0. The smallest absolute Gasteiger partial charge is 0.405 e. The van der Waals surface area contributed by atoms with Gasteiger partial charge in [0.05, 0.1) is 0 Å². The van der Waals surface area contributed by atoms with E-state index in [4.69, 9.17) is 10.2 Å². The SMILES string of the molecule is C#C.CC(C)C.O=C(O)CNC(=O)O. The number of carbonyl (C=O) groups is 2. The van der Waals surface area contributed by atoms with Gasteiger partial charge in [0.25, 0.3) is 0 Å². The zero-order chi connectivity index (χ0) is 12.1. The molecule has 5 heteroatoms. The molecule has 0 aliphatic heterocycles. The van der Waals surface area contributed by atoms with Crippen molar-refractivity contribution in [2.75, 3.05) is 6.54 Å². The highest BCUT2D eigenvalue weighted by Gasteiger charge is 1.97. The van der Waals surface area contributed by atoms with Crippen molar-refractivity contribution >= 4 is 12.1 Å². The maximum absolute atomic E-state index is 9.58. The molecule has 0 bridgehead atoms. The Morgan fingerprint density at radius 2 is 1.50 bits per heavy atom. The zero-order valence-electron chi connectivity index (χ0n) is 8.65. The molecule has 0 spiro atoms. The minimum atomic E-state index is -1.33. The van der Waals surface area contributed by atoms with Crippen molar-refractivity contribution in [3.05, 3.63) is 0 Å². The molecule has 0 radical (unpaired) electrons. The predicted molar refractivity (Wildman–Crippen MR) is 54.1 cm³/mol. The zero-order valence-corrected chi connectivity index (χ0v) is 8.65. The first-order chi connectivity index (χ1) is 6.36. The molecular weight excluding hydrogens is 186 g/mol. The summed E-state index contributed by atoms with van der Waals surface area (Å²) in [4.78, 5) is 19.1. The van der Waals surface area contributed by atoms with E-state index in [-0.39, 0.29) is 0 Å². The summed E-state index contributed by atoms with van der Waals surface area (Å²) in [6.07, 6.45) is 6.67. The summed E-state index contributed by atoms with van der Waals surface area (Å²) in [6.45, 7) is 5.95. The lowest BCUT2D eigenvalue weighted by Crippen LogP contribution is -2.27. The van der Waals surface area contributed by atoms with Crippen LogP contribution in [0.2, 0.25) is 0 Å². The number of nitrogens with one attached hydrogen (secondary N) is 1. The van der Waals surface area contributed by atoms with Crippen LogP contribution in [0.3, 0.4) is 0 Å². The summed E-state index contributed by atoms with van der Waals surface area (Å²) in [5.74, 6) is -0.354. The van der Waals surface area contributed by atoms with E-state index in [2.05, 4.69) is 33.6 Å². The van der Waals surface area contributed by atoms with Crippen LogP contribution in [-0.2, 0) is 4.79 Å². The molecule has 0 saturated carbocycles. The third-order valence-electron chi connectivity index (χ3n) is 0.391. The van der Waals surface area contributed by atoms with Gasteiger partial charge in [0.2, 0.25) is 0 Å². The van der Waals surface area contributed by atoms with Crippen LogP contribution < -0.4 is 5.32 Å². The Labute approximate surface area is 84.1 Å². The van der Waals surface area contributed by atoms with Gasteiger partial charge in [-0.3, -0.25) is 4.79 Å². The van der Waals surface area contributed by atoms with E-state index < -0.39 is 18.6 Å². The quantitative estimate of drug-likeness (QED) is 0.589. The number of rotatable bonds is 2. The molecule has 0 saturated heterocycles. The molecule has 0 aromatic carbocycles. The van der Waals surface area contributed by atoms with Crippen molar-refractivity contribution in [1.29, 1.82) is 0 Å². The molecule has 0 aromatic rings. The van der Waals surface area contributed by atoms with Crippen LogP contribution in [-0.4, -0.2) is 28.8 Å². The molecule has 0 heterocycles. The van der Waals surface area contributed by atoms with Gasteiger partial charge in [0.1, 0.15) is 6.54 Å². The van der Waals surface area contributed by atoms with Gasteiger partial charge < -0.3 is 15.5 Å². The molecule has 14 heavy (non-hydrogen) atoms. The van der Waals surface area contributed by atoms with Crippen LogP contribution in [0.25, 0.3) is 0 Å². The van der Waals surface area contributed by atoms with Crippen molar-refractivity contribution in [3.8, 4) is 12.8 Å². The van der Waals surface area contributed by atoms with Crippen molar-refractivity contribution in [2.45, 2.75) is 20.8 Å². The first-order valence-electron chi connectivity index (χ1n) is 3.88. The molecule has 1 amide bonds. The molecule has 0 unspecified atom stereocenters. The Balaban J connectivity index is -0.000000170. The molecule has 3 N–H and O–H groups in total. The lowest BCUT2D eigenvalue weighted by Gasteiger charge is -1.90. The fourth-order valence-electron chi connectivity index (χ4n) is 0.151. The summed E-state index contributed by atoms with van der Waals surface area (Å²) in [5.41, 5.74) is 0. The van der Waals surface area contributed by atoms with Crippen molar-refractivity contribution in [3.63, 3.8) is 0 Å². The van der Waals surface area contributed by atoms with Gasteiger partial charge >= 0.3 is 12.1 Å². The van der Waals surface area contributed by atoms with E-state index in [1.165, 1.54) is 0 Å². The maximum Gasteiger partial charge on any atom is 0.405 e. The Kier molecular flexibility index (Phi) is 18.0. The van der Waals surface area contributed by atoms with Crippen LogP contribution in [0.4, 0.5) is 4.79 Å². The number of carboxylic acid groups (broad SMARTS) is 2. The molecule has 5 nitrogen and oxygen atoms in total. The second-order valence-electron chi connectivity index (χ2n) is 2.78. The summed E-state index contributed by atoms with van der Waals surface area (Å²) in [7, 11) is 0. The van der Waals surface area contributed by atoms with Gasteiger partial charge in [-0.2, -0.15) is 0 Å². The lowest BCUT2D eigenvalue weighted by molar-refractivity contribution is -0.135. The maximum atomic E-state index is 9.58. The molecule has 82 valence electrons. The third-order valence-corrected chi connectivity index (χ3v) is 0.391. The molecular formula is C9H17NO4. The van der Waals surface area contributed by atoms with E-state index in [0.29, 0.717) is 0 Å². The van der Waals surface area contributed by atoms with Crippen LogP contribution in [0.1, 0.15) is 20.8 Å². The predicted octanol–water partition coefficient (Wildman–Crippen LogP) is 1.25. The Morgan fingerprint density at radius 1 is 1.21 bits per heavy atom. The van der Waals surface area contributed by atoms with Crippen LogP contribution in [0.5, 0.6) is 0 Å². The fraction of sp³-hybridized carbons (Fsp3) is 0.556. The minimum Gasteiger partial charge on any atom is -0.480 e. The second kappa shape index (κ2) is 13.9. The summed E-state index contributed by atoms with van der Waals surface area (Å²) < 4.78 is 0. The Hall–Kier alpha value is -1.70. The van der Waals surface area contributed by atoms with Crippen molar-refractivity contribution in [2.24, 2.45) is 5.92 Å². The van der Waals surface area contributed by atoms with E-state index >= 15 is 0 Å².